The summed E-state index contributed by atoms with van der Waals surface area (Å²) in [4.78, 5) is 7.07. The maximum atomic E-state index is 13.3. The van der Waals surface area contributed by atoms with Gasteiger partial charge in [-0.2, -0.15) is 0 Å². The van der Waals surface area contributed by atoms with E-state index in [1.165, 1.54) is 0 Å². The van der Waals surface area contributed by atoms with Crippen LogP contribution in [-0.2, 0) is 16.6 Å². The molecule has 5 rings (SSSR count). The summed E-state index contributed by atoms with van der Waals surface area (Å²) in [5.74, 6) is 1.66. The Bertz CT molecular complexity index is 1240. The second kappa shape index (κ2) is 8.93. The van der Waals surface area contributed by atoms with E-state index in [4.69, 9.17) is 9.47 Å². The highest BCUT2D eigenvalue weighted by Gasteiger charge is 2.42. The van der Waals surface area contributed by atoms with Crippen molar-refractivity contribution in [3.63, 3.8) is 0 Å². The quantitative estimate of drug-likeness (QED) is 0.570. The van der Waals surface area contributed by atoms with Crippen LogP contribution in [0.25, 0.3) is 10.9 Å². The van der Waals surface area contributed by atoms with Gasteiger partial charge in [0.2, 0.25) is 10.0 Å². The first-order chi connectivity index (χ1) is 16.0. The zero-order valence-electron chi connectivity index (χ0n) is 18.9. The van der Waals surface area contributed by atoms with Crippen LogP contribution >= 0.6 is 0 Å². The van der Waals surface area contributed by atoms with Crippen LogP contribution in [0.4, 0.5) is 0 Å². The van der Waals surface area contributed by atoms with Crippen LogP contribution in [-0.4, -0.2) is 50.6 Å². The fourth-order valence-electron chi connectivity index (χ4n) is 5.41. The molecule has 2 bridgehead atoms. The van der Waals surface area contributed by atoms with Crippen molar-refractivity contribution < 1.29 is 17.9 Å². The van der Waals surface area contributed by atoms with Crippen LogP contribution in [0.3, 0.4) is 0 Å². The van der Waals surface area contributed by atoms with Crippen molar-refractivity contribution >= 4 is 20.9 Å². The maximum absolute atomic E-state index is 13.3. The summed E-state index contributed by atoms with van der Waals surface area (Å²) < 4.78 is 40.5. The minimum absolute atomic E-state index is 0.0880. The second-order valence-corrected chi connectivity index (χ2v) is 10.5. The second-order valence-electron chi connectivity index (χ2n) is 8.86. The molecule has 0 amide bonds. The molecule has 1 aromatic heterocycles. The molecule has 0 aliphatic carbocycles. The van der Waals surface area contributed by atoms with E-state index in [-0.39, 0.29) is 10.9 Å². The van der Waals surface area contributed by atoms with Crippen LogP contribution in [0, 0.1) is 0 Å². The Labute approximate surface area is 194 Å². The number of sulfonamides is 1. The van der Waals surface area contributed by atoms with Crippen molar-refractivity contribution in [3.05, 3.63) is 60.3 Å². The summed E-state index contributed by atoms with van der Waals surface area (Å²) in [7, 11) is -0.321. The first-order valence-electron chi connectivity index (χ1n) is 11.3. The number of para-hydroxylation sites is 1. The third kappa shape index (κ3) is 4.30. The van der Waals surface area contributed by atoms with Crippen molar-refractivity contribution in [2.75, 3.05) is 14.2 Å². The predicted octanol–water partition coefficient (Wildman–Crippen LogP) is 3.73. The molecule has 3 aromatic rings. The van der Waals surface area contributed by atoms with Crippen LogP contribution in [0.1, 0.15) is 31.2 Å². The summed E-state index contributed by atoms with van der Waals surface area (Å²) in [5, 5.41) is 0.822. The van der Waals surface area contributed by atoms with Gasteiger partial charge in [0, 0.05) is 41.8 Å². The molecule has 2 aliphatic heterocycles. The molecule has 8 heteroatoms. The Balaban J connectivity index is 1.33. The van der Waals surface area contributed by atoms with Crippen molar-refractivity contribution in [2.45, 2.75) is 55.2 Å². The van der Waals surface area contributed by atoms with E-state index < -0.39 is 10.0 Å². The molecular weight excluding hydrogens is 438 g/mol. The number of hydrogen-bond acceptors (Lipinski definition) is 6. The SMILES string of the molecule is COc1ccc(OC)c(CN2C3CCC2CC(NS(=O)(=O)c2cccc4cccnc24)C3)c1. The molecule has 2 saturated heterocycles. The van der Waals surface area contributed by atoms with Gasteiger partial charge in [-0.1, -0.05) is 18.2 Å². The smallest absolute Gasteiger partial charge is 0.242 e. The number of pyridine rings is 1. The number of rotatable bonds is 7. The Morgan fingerprint density at radius 2 is 1.79 bits per heavy atom. The summed E-state index contributed by atoms with van der Waals surface area (Å²) in [6, 6.07) is 15.4. The van der Waals surface area contributed by atoms with Crippen molar-refractivity contribution in [1.82, 2.24) is 14.6 Å². The largest absolute Gasteiger partial charge is 0.497 e. The van der Waals surface area contributed by atoms with Gasteiger partial charge in [0.05, 0.1) is 19.7 Å². The first kappa shape index (κ1) is 22.1. The van der Waals surface area contributed by atoms with Crippen molar-refractivity contribution in [1.29, 1.82) is 0 Å². The van der Waals surface area contributed by atoms with Gasteiger partial charge < -0.3 is 9.47 Å². The molecule has 1 N–H and O–H groups in total. The van der Waals surface area contributed by atoms with Gasteiger partial charge in [0.25, 0.3) is 0 Å². The molecule has 2 unspecified atom stereocenters. The highest BCUT2D eigenvalue weighted by Crippen LogP contribution is 2.39. The number of hydrogen-bond donors (Lipinski definition) is 1. The number of aromatic nitrogens is 1. The average Bonchev–Trinajstić information content (AvgIpc) is 3.05. The molecule has 174 valence electrons. The van der Waals surface area contributed by atoms with E-state index in [2.05, 4.69) is 14.6 Å². The first-order valence-corrected chi connectivity index (χ1v) is 12.8. The molecule has 33 heavy (non-hydrogen) atoms. The fourth-order valence-corrected chi connectivity index (χ4v) is 6.85. The van der Waals surface area contributed by atoms with Gasteiger partial charge in [0.15, 0.2) is 0 Å². The topological polar surface area (TPSA) is 80.8 Å². The lowest BCUT2D eigenvalue weighted by Crippen LogP contribution is -2.49. The lowest BCUT2D eigenvalue weighted by molar-refractivity contribution is 0.114. The normalized spacial score (nSPS) is 23.0. The summed E-state index contributed by atoms with van der Waals surface area (Å²) in [6.07, 6.45) is 5.36. The lowest BCUT2D eigenvalue weighted by atomic mass is 9.97. The molecule has 2 atom stereocenters. The Morgan fingerprint density at radius 3 is 2.52 bits per heavy atom. The van der Waals surface area contributed by atoms with Gasteiger partial charge in [-0.05, 0) is 56.0 Å². The van der Waals surface area contributed by atoms with E-state index in [1.54, 1.807) is 32.5 Å². The van der Waals surface area contributed by atoms with E-state index in [9.17, 15) is 8.42 Å². The predicted molar refractivity (Wildman–Crippen MR) is 127 cm³/mol. The fraction of sp³-hybridized carbons (Fsp3) is 0.400. The molecule has 7 nitrogen and oxygen atoms in total. The molecule has 3 heterocycles. The number of methoxy groups -OCH3 is 2. The van der Waals surface area contributed by atoms with Crippen molar-refractivity contribution in [2.24, 2.45) is 0 Å². The van der Waals surface area contributed by atoms with Crippen molar-refractivity contribution in [3.8, 4) is 11.5 Å². The average molecular weight is 468 g/mol. The number of fused-ring (bicyclic) bond motifs is 3. The Kier molecular flexibility index (Phi) is 5.99. The summed E-state index contributed by atoms with van der Waals surface area (Å²) in [5.41, 5.74) is 1.60. The third-order valence-electron chi connectivity index (χ3n) is 6.93. The number of ether oxygens (including phenoxy) is 2. The minimum Gasteiger partial charge on any atom is -0.497 e. The minimum atomic E-state index is -3.67. The highest BCUT2D eigenvalue weighted by molar-refractivity contribution is 7.89. The van der Waals surface area contributed by atoms with Crippen LogP contribution in [0.15, 0.2) is 59.6 Å². The van der Waals surface area contributed by atoms with E-state index in [0.29, 0.717) is 17.6 Å². The molecule has 0 radical (unpaired) electrons. The van der Waals surface area contributed by atoms with Crippen LogP contribution in [0.5, 0.6) is 11.5 Å². The van der Waals surface area contributed by atoms with Crippen LogP contribution in [0.2, 0.25) is 0 Å². The van der Waals surface area contributed by atoms with Gasteiger partial charge >= 0.3 is 0 Å². The van der Waals surface area contributed by atoms with E-state index in [1.807, 2.05) is 36.4 Å². The molecule has 2 aromatic carbocycles. The summed E-state index contributed by atoms with van der Waals surface area (Å²) >= 11 is 0. The van der Waals surface area contributed by atoms with Crippen LogP contribution < -0.4 is 14.2 Å². The standard InChI is InChI=1S/C25H29N3O4S/c1-31-22-10-11-23(32-2)18(13-22)16-28-20-8-9-21(28)15-19(14-20)27-33(29,30)24-7-3-5-17-6-4-12-26-25(17)24/h3-7,10-13,19-21,27H,8-9,14-16H2,1-2H3. The molecule has 0 spiro atoms. The van der Waals surface area contributed by atoms with E-state index >= 15 is 0 Å². The highest BCUT2D eigenvalue weighted by atomic mass is 32.2. The molecule has 0 saturated carbocycles. The monoisotopic (exact) mass is 467 g/mol. The lowest BCUT2D eigenvalue weighted by Gasteiger charge is -2.39. The number of benzene rings is 2. The number of nitrogens with one attached hydrogen (secondary N) is 1. The molecule has 2 fully saturated rings. The van der Waals surface area contributed by atoms with Gasteiger partial charge in [0.1, 0.15) is 16.4 Å². The zero-order chi connectivity index (χ0) is 23.0. The molecular formula is C25H29N3O4S. The van der Waals surface area contributed by atoms with Gasteiger partial charge in [-0.3, -0.25) is 9.88 Å². The maximum Gasteiger partial charge on any atom is 0.242 e. The Hall–Kier alpha value is -2.68. The van der Waals surface area contributed by atoms with Gasteiger partial charge in [-0.25, -0.2) is 13.1 Å². The van der Waals surface area contributed by atoms with E-state index in [0.717, 1.165) is 54.7 Å². The number of nitrogens with zero attached hydrogens (tertiary/aromatic N) is 2. The zero-order valence-corrected chi connectivity index (χ0v) is 19.7. The Morgan fingerprint density at radius 1 is 1.03 bits per heavy atom. The number of piperidine rings is 1. The third-order valence-corrected chi connectivity index (χ3v) is 8.48. The molecule has 2 aliphatic rings. The summed E-state index contributed by atoms with van der Waals surface area (Å²) in [6.45, 7) is 0.766. The van der Waals surface area contributed by atoms with Gasteiger partial charge in [-0.15, -0.1) is 0 Å².